The van der Waals surface area contributed by atoms with Gasteiger partial charge in [0.15, 0.2) is 0 Å². The first-order valence-electron chi connectivity index (χ1n) is 10.1. The molecule has 142 valence electrons. The Balaban J connectivity index is 1.88. The van der Waals surface area contributed by atoms with Crippen molar-refractivity contribution in [3.05, 3.63) is 29.3 Å². The van der Waals surface area contributed by atoms with E-state index in [-0.39, 0.29) is 17.7 Å². The molecule has 0 aromatic heterocycles. The summed E-state index contributed by atoms with van der Waals surface area (Å²) in [5.74, 6) is 0.756. The van der Waals surface area contributed by atoms with Gasteiger partial charge in [-0.15, -0.1) is 0 Å². The fraction of sp³-hybridized carbons (Fsp3) is 0.636. The van der Waals surface area contributed by atoms with Gasteiger partial charge in [-0.1, -0.05) is 45.9 Å². The molecule has 1 unspecified atom stereocenters. The molecular weight excluding hydrogens is 324 g/mol. The molecule has 2 heterocycles. The van der Waals surface area contributed by atoms with Gasteiger partial charge in [0.25, 0.3) is 0 Å². The first-order valence-corrected chi connectivity index (χ1v) is 10.1. The van der Waals surface area contributed by atoms with Crippen LogP contribution in [0.1, 0.15) is 76.3 Å². The first kappa shape index (κ1) is 18.9. The number of carbonyl (C=O) groups is 2. The summed E-state index contributed by atoms with van der Waals surface area (Å²) in [7, 11) is 0. The van der Waals surface area contributed by atoms with Crippen molar-refractivity contribution >= 4 is 17.5 Å². The predicted molar refractivity (Wildman–Crippen MR) is 106 cm³/mol. The molecular formula is C22H32N2O2. The van der Waals surface area contributed by atoms with E-state index >= 15 is 0 Å². The molecule has 3 rings (SSSR count). The molecule has 0 radical (unpaired) electrons. The number of benzene rings is 1. The number of rotatable bonds is 4. The maximum absolute atomic E-state index is 12.9. The highest BCUT2D eigenvalue weighted by molar-refractivity contribution is 6.01. The maximum Gasteiger partial charge on any atom is 0.228 e. The SMILES string of the molecule is CC(C)c1cccc(C(C)C)c1N1CC(C(=O)N2CCCCC2)CC1=O. The number of carbonyl (C=O) groups excluding carboxylic acids is 2. The molecule has 1 atom stereocenters. The van der Waals surface area contributed by atoms with Crippen LogP contribution in [0.2, 0.25) is 0 Å². The van der Waals surface area contributed by atoms with Crippen LogP contribution >= 0.6 is 0 Å². The Kier molecular flexibility index (Phi) is 5.69. The Hall–Kier alpha value is -1.84. The van der Waals surface area contributed by atoms with E-state index in [1.165, 1.54) is 17.5 Å². The van der Waals surface area contributed by atoms with Crippen LogP contribution in [0, 0.1) is 5.92 Å². The molecule has 2 aliphatic rings. The molecule has 2 aliphatic heterocycles. The van der Waals surface area contributed by atoms with Gasteiger partial charge in [0, 0.05) is 26.1 Å². The van der Waals surface area contributed by atoms with Crippen molar-refractivity contribution in [1.82, 2.24) is 4.90 Å². The zero-order valence-corrected chi connectivity index (χ0v) is 16.6. The minimum absolute atomic E-state index is 0.0929. The van der Waals surface area contributed by atoms with Crippen molar-refractivity contribution in [2.45, 2.75) is 65.2 Å². The molecule has 4 heteroatoms. The molecule has 0 spiro atoms. The highest BCUT2D eigenvalue weighted by Gasteiger charge is 2.39. The normalized spacial score (nSPS) is 21.2. The van der Waals surface area contributed by atoms with Crippen molar-refractivity contribution in [3.63, 3.8) is 0 Å². The van der Waals surface area contributed by atoms with Crippen LogP contribution in [0.4, 0.5) is 5.69 Å². The highest BCUT2D eigenvalue weighted by Crippen LogP contribution is 2.38. The van der Waals surface area contributed by atoms with E-state index in [9.17, 15) is 9.59 Å². The molecule has 2 saturated heterocycles. The van der Waals surface area contributed by atoms with Gasteiger partial charge in [-0.3, -0.25) is 9.59 Å². The predicted octanol–water partition coefficient (Wildman–Crippen LogP) is 4.30. The van der Waals surface area contributed by atoms with Crippen LogP contribution < -0.4 is 4.90 Å². The summed E-state index contributed by atoms with van der Waals surface area (Å²) in [6.45, 7) is 10.9. The fourth-order valence-electron chi connectivity index (χ4n) is 4.29. The van der Waals surface area contributed by atoms with Crippen LogP contribution in [-0.4, -0.2) is 36.3 Å². The largest absolute Gasteiger partial charge is 0.342 e. The molecule has 1 aromatic carbocycles. The second-order valence-electron chi connectivity index (χ2n) is 8.39. The lowest BCUT2D eigenvalue weighted by molar-refractivity contribution is -0.136. The number of nitrogens with zero attached hydrogens (tertiary/aromatic N) is 2. The Bertz CT molecular complexity index is 648. The van der Waals surface area contributed by atoms with Crippen molar-refractivity contribution < 1.29 is 9.59 Å². The topological polar surface area (TPSA) is 40.6 Å². The number of anilines is 1. The zero-order valence-electron chi connectivity index (χ0n) is 16.6. The third-order valence-electron chi connectivity index (χ3n) is 5.75. The van der Waals surface area contributed by atoms with E-state index in [1.807, 2.05) is 9.80 Å². The average Bonchev–Trinajstić information content (AvgIpc) is 3.02. The number of piperidine rings is 1. The summed E-state index contributed by atoms with van der Waals surface area (Å²) in [5.41, 5.74) is 3.46. The van der Waals surface area contributed by atoms with E-state index < -0.39 is 0 Å². The number of para-hydroxylation sites is 1. The molecule has 2 fully saturated rings. The summed E-state index contributed by atoms with van der Waals surface area (Å²) in [5, 5.41) is 0. The first-order chi connectivity index (χ1) is 12.4. The number of hydrogen-bond acceptors (Lipinski definition) is 2. The van der Waals surface area contributed by atoms with Crippen LogP contribution in [-0.2, 0) is 9.59 Å². The Morgan fingerprint density at radius 1 is 1.00 bits per heavy atom. The molecule has 2 amide bonds. The minimum Gasteiger partial charge on any atom is -0.342 e. The van der Waals surface area contributed by atoms with Crippen LogP contribution in [0.5, 0.6) is 0 Å². The van der Waals surface area contributed by atoms with E-state index in [4.69, 9.17) is 0 Å². The molecule has 0 aliphatic carbocycles. The lowest BCUT2D eigenvalue weighted by Crippen LogP contribution is -2.40. The third kappa shape index (κ3) is 3.65. The molecule has 1 aromatic rings. The second-order valence-corrected chi connectivity index (χ2v) is 8.39. The quantitative estimate of drug-likeness (QED) is 0.807. The maximum atomic E-state index is 12.9. The lowest BCUT2D eigenvalue weighted by Gasteiger charge is -2.30. The molecule has 0 saturated carbocycles. The van der Waals surface area contributed by atoms with Gasteiger partial charge < -0.3 is 9.80 Å². The number of amides is 2. The summed E-state index contributed by atoms with van der Waals surface area (Å²) >= 11 is 0. The van der Waals surface area contributed by atoms with Gasteiger partial charge in [0.1, 0.15) is 0 Å². The highest BCUT2D eigenvalue weighted by atomic mass is 16.2. The van der Waals surface area contributed by atoms with E-state index in [0.717, 1.165) is 31.6 Å². The van der Waals surface area contributed by atoms with Gasteiger partial charge >= 0.3 is 0 Å². The Morgan fingerprint density at radius 2 is 1.58 bits per heavy atom. The molecule has 0 bridgehead atoms. The average molecular weight is 357 g/mol. The molecule has 0 N–H and O–H groups in total. The van der Waals surface area contributed by atoms with Gasteiger partial charge in [0.2, 0.25) is 11.8 Å². The van der Waals surface area contributed by atoms with Gasteiger partial charge in [0.05, 0.1) is 11.6 Å². The van der Waals surface area contributed by atoms with Gasteiger partial charge in [-0.25, -0.2) is 0 Å². The van der Waals surface area contributed by atoms with E-state index in [1.54, 1.807) is 0 Å². The van der Waals surface area contributed by atoms with Crippen molar-refractivity contribution in [3.8, 4) is 0 Å². The Labute approximate surface area is 157 Å². The standard InChI is InChI=1S/C22H32N2O2/c1-15(2)18-9-8-10-19(16(3)4)21(18)24-14-17(13-20(24)25)22(26)23-11-6-5-7-12-23/h8-10,15-17H,5-7,11-14H2,1-4H3. The van der Waals surface area contributed by atoms with Gasteiger partial charge in [-0.2, -0.15) is 0 Å². The summed E-state index contributed by atoms with van der Waals surface area (Å²) in [4.78, 5) is 29.7. The van der Waals surface area contributed by atoms with Gasteiger partial charge in [-0.05, 0) is 42.2 Å². The monoisotopic (exact) mass is 356 g/mol. The summed E-state index contributed by atoms with van der Waals surface area (Å²) < 4.78 is 0. The Morgan fingerprint density at radius 3 is 2.12 bits per heavy atom. The third-order valence-corrected chi connectivity index (χ3v) is 5.75. The molecule has 4 nitrogen and oxygen atoms in total. The van der Waals surface area contributed by atoms with E-state index in [0.29, 0.717) is 24.8 Å². The second kappa shape index (κ2) is 7.81. The lowest BCUT2D eigenvalue weighted by atomic mass is 9.92. The van der Waals surface area contributed by atoms with Crippen molar-refractivity contribution in [2.75, 3.05) is 24.5 Å². The number of likely N-dealkylation sites (tertiary alicyclic amines) is 1. The number of hydrogen-bond donors (Lipinski definition) is 0. The van der Waals surface area contributed by atoms with Crippen LogP contribution in [0.3, 0.4) is 0 Å². The van der Waals surface area contributed by atoms with Crippen molar-refractivity contribution in [1.29, 1.82) is 0 Å². The van der Waals surface area contributed by atoms with Crippen LogP contribution in [0.25, 0.3) is 0 Å². The summed E-state index contributed by atoms with van der Waals surface area (Å²) in [6, 6.07) is 6.34. The minimum atomic E-state index is -0.194. The summed E-state index contributed by atoms with van der Waals surface area (Å²) in [6.07, 6.45) is 3.73. The van der Waals surface area contributed by atoms with Crippen molar-refractivity contribution in [2.24, 2.45) is 5.92 Å². The fourth-order valence-corrected chi connectivity index (χ4v) is 4.29. The smallest absolute Gasteiger partial charge is 0.228 e. The van der Waals surface area contributed by atoms with E-state index in [2.05, 4.69) is 45.9 Å². The molecule has 26 heavy (non-hydrogen) atoms. The zero-order chi connectivity index (χ0) is 18.8. The van der Waals surface area contributed by atoms with Crippen LogP contribution in [0.15, 0.2) is 18.2 Å².